The minimum absolute atomic E-state index is 0.0940. The van der Waals surface area contributed by atoms with Gasteiger partial charge >= 0.3 is 13.8 Å². The lowest BCUT2D eigenvalue weighted by atomic mass is 10.0. The number of hydrogen-bond acceptors (Lipinski definition) is 6. The molecule has 336 valence electrons. The number of hydrogen-bond donors (Lipinski definition) is 1. The number of ether oxygens (including phenoxy) is 2. The van der Waals surface area contributed by atoms with E-state index < -0.39 is 13.9 Å². The van der Waals surface area contributed by atoms with E-state index in [-0.39, 0.29) is 25.8 Å². The van der Waals surface area contributed by atoms with Crippen LogP contribution in [0.4, 0.5) is 0 Å². The summed E-state index contributed by atoms with van der Waals surface area (Å²) in [5.41, 5.74) is 0. The van der Waals surface area contributed by atoms with Crippen molar-refractivity contribution in [2.45, 2.75) is 245 Å². The molecule has 0 saturated heterocycles. The molecule has 0 heterocycles. The summed E-state index contributed by atoms with van der Waals surface area (Å²) in [4.78, 5) is 22.9. The molecule has 0 saturated carbocycles. The fourth-order valence-electron chi connectivity index (χ4n) is 7.14. The fourth-order valence-corrected chi connectivity index (χ4v) is 7.89. The van der Waals surface area contributed by atoms with Gasteiger partial charge in [0.25, 0.3) is 0 Å². The zero-order chi connectivity index (χ0) is 41.3. The van der Waals surface area contributed by atoms with Crippen LogP contribution in [0, 0.1) is 0 Å². The third-order valence-corrected chi connectivity index (χ3v) is 11.9. The van der Waals surface area contributed by atoms with Gasteiger partial charge in [-0.05, 0) is 12.8 Å². The molecule has 0 aromatic heterocycles. The lowest BCUT2D eigenvalue weighted by Crippen LogP contribution is -2.37. The maximum absolute atomic E-state index is 12.7. The molecule has 0 amide bonds. The average molecular weight is 819 g/mol. The van der Waals surface area contributed by atoms with Crippen molar-refractivity contribution in [2.24, 2.45) is 0 Å². The van der Waals surface area contributed by atoms with Crippen molar-refractivity contribution in [3.63, 3.8) is 0 Å². The van der Waals surface area contributed by atoms with Gasteiger partial charge in [-0.15, -0.1) is 0 Å². The smallest absolute Gasteiger partial charge is 0.457 e. The topological polar surface area (TPSA) is 91.3 Å². The first-order valence-electron chi connectivity index (χ1n) is 24.3. The average Bonchev–Trinajstić information content (AvgIpc) is 3.15. The van der Waals surface area contributed by atoms with Gasteiger partial charge in [0.05, 0.1) is 34.4 Å². The van der Waals surface area contributed by atoms with E-state index in [9.17, 15) is 14.3 Å². The molecule has 0 aromatic rings. The van der Waals surface area contributed by atoms with Crippen molar-refractivity contribution in [1.82, 2.24) is 0 Å². The Morgan fingerprint density at radius 3 is 1.18 bits per heavy atom. The molecule has 8 nitrogen and oxygen atoms in total. The van der Waals surface area contributed by atoms with Crippen LogP contribution in [-0.2, 0) is 27.9 Å². The van der Waals surface area contributed by atoms with Crippen LogP contribution in [-0.4, -0.2) is 75.6 Å². The Morgan fingerprint density at radius 2 is 0.821 bits per heavy atom. The van der Waals surface area contributed by atoms with Gasteiger partial charge in [0.15, 0.2) is 0 Å². The van der Waals surface area contributed by atoms with Gasteiger partial charge in [0.1, 0.15) is 19.3 Å². The van der Waals surface area contributed by atoms with Crippen molar-refractivity contribution in [1.29, 1.82) is 0 Å². The van der Waals surface area contributed by atoms with Gasteiger partial charge in [-0.2, -0.15) is 0 Å². The Labute approximate surface area is 348 Å². The van der Waals surface area contributed by atoms with E-state index in [0.29, 0.717) is 24.1 Å². The van der Waals surface area contributed by atoms with Crippen LogP contribution in [0.1, 0.15) is 239 Å². The molecule has 56 heavy (non-hydrogen) atoms. The van der Waals surface area contributed by atoms with Gasteiger partial charge in [-0.3, -0.25) is 13.8 Å². The highest BCUT2D eigenvalue weighted by Gasteiger charge is 2.26. The van der Waals surface area contributed by atoms with Gasteiger partial charge in [-0.25, -0.2) is 4.57 Å². The molecular formula is C47H97NO7P+. The molecule has 0 bridgehead atoms. The van der Waals surface area contributed by atoms with Crippen molar-refractivity contribution in [3.05, 3.63) is 0 Å². The number of esters is 1. The van der Waals surface area contributed by atoms with Crippen LogP contribution >= 0.6 is 7.82 Å². The SMILES string of the molecule is CCCCCCCCCCCCCCCCCCCCCCC(=O)OC(COCCCCCCCCCCCCCCCC)COP(=O)(O)OCC[N+](C)(C)C. The summed E-state index contributed by atoms with van der Waals surface area (Å²) in [6, 6.07) is 0. The number of carbonyl (C=O) groups excluding carboxylic acids is 1. The van der Waals surface area contributed by atoms with Crippen molar-refractivity contribution >= 4 is 13.8 Å². The summed E-state index contributed by atoms with van der Waals surface area (Å²) in [6.45, 7) is 5.69. The Morgan fingerprint density at radius 1 is 0.482 bits per heavy atom. The fraction of sp³-hybridized carbons (Fsp3) is 0.979. The standard InChI is InChI=1S/C47H96NO7P/c1-6-8-10-12-14-16-18-20-22-23-24-25-26-27-28-30-32-34-36-38-40-47(49)55-46(45-54-56(50,51)53-43-41-48(3,4)5)44-52-42-39-37-35-33-31-29-21-19-17-15-13-11-9-7-2/h46H,6-45H2,1-5H3/p+1. The molecule has 0 aliphatic heterocycles. The van der Waals surface area contributed by atoms with Crippen molar-refractivity contribution in [2.75, 3.05) is 54.1 Å². The summed E-state index contributed by atoms with van der Waals surface area (Å²) in [5.74, 6) is -0.306. The van der Waals surface area contributed by atoms with Crippen molar-refractivity contribution in [3.8, 4) is 0 Å². The molecule has 0 aromatic carbocycles. The zero-order valence-electron chi connectivity index (χ0n) is 38.2. The van der Waals surface area contributed by atoms with Crippen molar-refractivity contribution < 1.29 is 37.3 Å². The van der Waals surface area contributed by atoms with Crippen LogP contribution in [0.15, 0.2) is 0 Å². The Kier molecular flexibility index (Phi) is 40.9. The lowest BCUT2D eigenvalue weighted by molar-refractivity contribution is -0.870. The second-order valence-electron chi connectivity index (χ2n) is 17.9. The zero-order valence-corrected chi connectivity index (χ0v) is 39.0. The second-order valence-corrected chi connectivity index (χ2v) is 19.3. The van der Waals surface area contributed by atoms with E-state index in [0.717, 1.165) is 32.1 Å². The summed E-state index contributed by atoms with van der Waals surface area (Å²) in [5, 5.41) is 0. The number of unbranched alkanes of at least 4 members (excludes halogenated alkanes) is 32. The van der Waals surface area contributed by atoms with Crippen LogP contribution in [0.25, 0.3) is 0 Å². The Balaban J connectivity index is 4.10. The third kappa shape index (κ3) is 44.6. The van der Waals surface area contributed by atoms with Crippen LogP contribution < -0.4 is 0 Å². The van der Waals surface area contributed by atoms with E-state index in [1.165, 1.54) is 186 Å². The monoisotopic (exact) mass is 819 g/mol. The molecule has 1 N–H and O–H groups in total. The Hall–Kier alpha value is -0.500. The minimum atomic E-state index is -4.27. The summed E-state index contributed by atoms with van der Waals surface area (Å²) < 4.78 is 35.1. The van der Waals surface area contributed by atoms with Gasteiger partial charge in [0.2, 0.25) is 0 Å². The van der Waals surface area contributed by atoms with Crippen LogP contribution in [0.5, 0.6) is 0 Å². The first kappa shape index (κ1) is 55.5. The largest absolute Gasteiger partial charge is 0.472 e. The summed E-state index contributed by atoms with van der Waals surface area (Å²) >= 11 is 0. The van der Waals surface area contributed by atoms with Gasteiger partial charge < -0.3 is 18.9 Å². The van der Waals surface area contributed by atoms with Gasteiger partial charge in [0, 0.05) is 13.0 Å². The molecular weight excluding hydrogens is 721 g/mol. The molecule has 9 heteroatoms. The summed E-state index contributed by atoms with van der Waals surface area (Å²) in [6.07, 6.45) is 44.2. The predicted octanol–water partition coefficient (Wildman–Crippen LogP) is 14.4. The highest BCUT2D eigenvalue weighted by molar-refractivity contribution is 7.47. The highest BCUT2D eigenvalue weighted by Crippen LogP contribution is 2.43. The molecule has 0 fully saturated rings. The molecule has 0 radical (unpaired) electrons. The minimum Gasteiger partial charge on any atom is -0.457 e. The lowest BCUT2D eigenvalue weighted by Gasteiger charge is -2.24. The van der Waals surface area contributed by atoms with E-state index >= 15 is 0 Å². The molecule has 0 spiro atoms. The second kappa shape index (κ2) is 41.2. The maximum Gasteiger partial charge on any atom is 0.472 e. The van der Waals surface area contributed by atoms with E-state index in [4.69, 9.17) is 18.5 Å². The van der Waals surface area contributed by atoms with E-state index in [1.807, 2.05) is 21.1 Å². The number of phosphoric acid groups is 1. The van der Waals surface area contributed by atoms with Crippen LogP contribution in [0.2, 0.25) is 0 Å². The third-order valence-electron chi connectivity index (χ3n) is 10.9. The number of quaternary nitrogens is 1. The van der Waals surface area contributed by atoms with E-state index in [1.54, 1.807) is 0 Å². The van der Waals surface area contributed by atoms with Gasteiger partial charge in [-0.1, -0.05) is 219 Å². The quantitative estimate of drug-likeness (QED) is 0.0283. The normalized spacial score (nSPS) is 13.6. The molecule has 2 atom stereocenters. The summed E-state index contributed by atoms with van der Waals surface area (Å²) in [7, 11) is 1.69. The first-order valence-corrected chi connectivity index (χ1v) is 25.8. The maximum atomic E-state index is 12.7. The van der Waals surface area contributed by atoms with E-state index in [2.05, 4.69) is 13.8 Å². The predicted molar refractivity (Wildman–Crippen MR) is 238 cm³/mol. The Bertz CT molecular complexity index is 868. The molecule has 0 aliphatic rings. The number of likely N-dealkylation sites (N-methyl/N-ethyl adjacent to an activating group) is 1. The molecule has 0 aliphatic carbocycles. The molecule has 0 rings (SSSR count). The molecule has 2 unspecified atom stereocenters. The number of carbonyl (C=O) groups is 1. The number of rotatable bonds is 46. The number of phosphoric ester groups is 1. The number of nitrogens with zero attached hydrogens (tertiary/aromatic N) is 1. The highest BCUT2D eigenvalue weighted by atomic mass is 31.2. The first-order chi connectivity index (χ1) is 27.1. The van der Waals surface area contributed by atoms with Crippen LogP contribution in [0.3, 0.4) is 0 Å².